The molecule has 4 heteroatoms. The Hall–Kier alpha value is -1.16. The smallest absolute Gasteiger partial charge is 0.335 e. The summed E-state index contributed by atoms with van der Waals surface area (Å²) in [5.74, 6) is 1.09. The lowest BCUT2D eigenvalue weighted by Gasteiger charge is -2.21. The van der Waals surface area contributed by atoms with Gasteiger partial charge in [0.05, 0.1) is 5.56 Å². The van der Waals surface area contributed by atoms with Gasteiger partial charge in [0, 0.05) is 22.3 Å². The maximum absolute atomic E-state index is 11.2. The van der Waals surface area contributed by atoms with Gasteiger partial charge in [-0.25, -0.2) is 4.79 Å². The zero-order chi connectivity index (χ0) is 11.5. The maximum atomic E-state index is 11.2. The summed E-state index contributed by atoms with van der Waals surface area (Å²) in [7, 11) is -0.641. The molecule has 1 aromatic carbocycles. The Labute approximate surface area is 96.9 Å². The number of carboxylic acid groups (broad SMARTS) is 1. The molecule has 0 radical (unpaired) electrons. The van der Waals surface area contributed by atoms with Gasteiger partial charge in [-0.05, 0) is 36.5 Å². The largest absolute Gasteiger partial charge is 0.478 e. The fraction of sp³-hybridized carbons (Fsp3) is 0.417. The van der Waals surface area contributed by atoms with Crippen molar-refractivity contribution in [2.45, 2.75) is 18.8 Å². The number of benzene rings is 1. The third kappa shape index (κ3) is 2.50. The van der Waals surface area contributed by atoms with Gasteiger partial charge in [-0.2, -0.15) is 0 Å². The molecule has 1 aliphatic rings. The molecule has 1 heterocycles. The Bertz CT molecular complexity index is 401. The topological polar surface area (TPSA) is 54.4 Å². The van der Waals surface area contributed by atoms with Crippen LogP contribution in [0, 0.1) is 0 Å². The van der Waals surface area contributed by atoms with Crippen LogP contribution in [-0.4, -0.2) is 26.8 Å². The Balaban J connectivity index is 2.10. The van der Waals surface area contributed by atoms with Crippen LogP contribution in [0.25, 0.3) is 0 Å². The van der Waals surface area contributed by atoms with Crippen molar-refractivity contribution in [2.75, 3.05) is 11.5 Å². The van der Waals surface area contributed by atoms with Crippen molar-refractivity contribution in [3.63, 3.8) is 0 Å². The molecule has 0 aliphatic carbocycles. The summed E-state index contributed by atoms with van der Waals surface area (Å²) in [5.41, 5.74) is 1.49. The van der Waals surface area contributed by atoms with Crippen LogP contribution in [0.2, 0.25) is 0 Å². The molecule has 0 saturated carbocycles. The summed E-state index contributed by atoms with van der Waals surface area (Å²) >= 11 is 0. The van der Waals surface area contributed by atoms with Crippen LogP contribution in [0.1, 0.15) is 34.7 Å². The van der Waals surface area contributed by atoms with E-state index < -0.39 is 16.8 Å². The average molecular weight is 238 g/mol. The molecule has 0 spiro atoms. The SMILES string of the molecule is O=C(O)c1ccc(C2CCS(=O)CC2)cc1. The molecule has 1 N–H and O–H groups in total. The molecule has 1 aliphatic heterocycles. The average Bonchev–Trinajstić information content (AvgIpc) is 2.30. The molecule has 0 unspecified atom stereocenters. The zero-order valence-corrected chi connectivity index (χ0v) is 9.70. The van der Waals surface area contributed by atoms with E-state index in [0.717, 1.165) is 24.3 Å². The van der Waals surface area contributed by atoms with Crippen molar-refractivity contribution in [1.82, 2.24) is 0 Å². The molecule has 1 aromatic rings. The first kappa shape index (κ1) is 11.3. The molecule has 0 aromatic heterocycles. The lowest BCUT2D eigenvalue weighted by molar-refractivity contribution is 0.0697. The number of carboxylic acids is 1. The molecule has 1 fully saturated rings. The number of hydrogen-bond donors (Lipinski definition) is 1. The molecule has 86 valence electrons. The number of hydrogen-bond acceptors (Lipinski definition) is 2. The van der Waals surface area contributed by atoms with E-state index in [1.807, 2.05) is 12.1 Å². The van der Waals surface area contributed by atoms with E-state index in [9.17, 15) is 9.00 Å². The van der Waals surface area contributed by atoms with Crippen LogP contribution in [0.3, 0.4) is 0 Å². The normalized spacial score (nSPS) is 25.2. The first-order valence-electron chi connectivity index (χ1n) is 5.35. The Morgan fingerprint density at radius 2 is 1.75 bits per heavy atom. The van der Waals surface area contributed by atoms with E-state index in [1.54, 1.807) is 12.1 Å². The Kier molecular flexibility index (Phi) is 3.39. The second-order valence-electron chi connectivity index (χ2n) is 4.05. The molecule has 2 rings (SSSR count). The quantitative estimate of drug-likeness (QED) is 0.857. The van der Waals surface area contributed by atoms with Crippen molar-refractivity contribution in [1.29, 1.82) is 0 Å². The van der Waals surface area contributed by atoms with Gasteiger partial charge in [0.1, 0.15) is 0 Å². The second kappa shape index (κ2) is 4.78. The van der Waals surface area contributed by atoms with E-state index in [0.29, 0.717) is 11.5 Å². The summed E-state index contributed by atoms with van der Waals surface area (Å²) in [5, 5.41) is 8.78. The van der Waals surface area contributed by atoms with Crippen molar-refractivity contribution in [3.8, 4) is 0 Å². The molecule has 0 bridgehead atoms. The first-order chi connectivity index (χ1) is 7.66. The van der Waals surface area contributed by atoms with E-state index >= 15 is 0 Å². The maximum Gasteiger partial charge on any atom is 0.335 e. The summed E-state index contributed by atoms with van der Waals surface area (Å²) in [6.07, 6.45) is 1.89. The highest BCUT2D eigenvalue weighted by Gasteiger charge is 2.19. The highest BCUT2D eigenvalue weighted by molar-refractivity contribution is 7.85. The van der Waals surface area contributed by atoms with E-state index in [2.05, 4.69) is 0 Å². The Morgan fingerprint density at radius 1 is 1.19 bits per heavy atom. The summed E-state index contributed by atoms with van der Waals surface area (Å²) < 4.78 is 11.2. The van der Waals surface area contributed by atoms with Crippen molar-refractivity contribution >= 4 is 16.8 Å². The minimum atomic E-state index is -0.892. The second-order valence-corrected chi connectivity index (χ2v) is 5.75. The zero-order valence-electron chi connectivity index (χ0n) is 8.89. The summed E-state index contributed by atoms with van der Waals surface area (Å²) in [6, 6.07) is 7.04. The van der Waals surface area contributed by atoms with Crippen molar-refractivity contribution in [2.24, 2.45) is 0 Å². The van der Waals surface area contributed by atoms with Crippen LogP contribution in [0.15, 0.2) is 24.3 Å². The lowest BCUT2D eigenvalue weighted by Crippen LogP contribution is -2.17. The van der Waals surface area contributed by atoms with E-state index in [4.69, 9.17) is 5.11 Å². The summed E-state index contributed by atoms with van der Waals surface area (Å²) in [4.78, 5) is 10.7. The molecule has 16 heavy (non-hydrogen) atoms. The van der Waals surface area contributed by atoms with Gasteiger partial charge in [0.2, 0.25) is 0 Å². The number of carbonyl (C=O) groups is 1. The van der Waals surface area contributed by atoms with Crippen LogP contribution in [0.5, 0.6) is 0 Å². The van der Waals surface area contributed by atoms with E-state index in [1.165, 1.54) is 5.56 Å². The minimum Gasteiger partial charge on any atom is -0.478 e. The van der Waals surface area contributed by atoms with Gasteiger partial charge >= 0.3 is 5.97 Å². The van der Waals surface area contributed by atoms with Gasteiger partial charge in [-0.1, -0.05) is 12.1 Å². The molecule has 0 atom stereocenters. The van der Waals surface area contributed by atoms with Gasteiger partial charge in [-0.15, -0.1) is 0 Å². The molecule has 1 saturated heterocycles. The summed E-state index contributed by atoms with van der Waals surface area (Å²) in [6.45, 7) is 0. The fourth-order valence-electron chi connectivity index (χ4n) is 2.03. The standard InChI is InChI=1S/C12H14O3S/c13-12(14)11-3-1-9(2-4-11)10-5-7-16(15)8-6-10/h1-4,10H,5-8H2,(H,13,14). The van der Waals surface area contributed by atoms with Crippen molar-refractivity contribution < 1.29 is 14.1 Å². The van der Waals surface area contributed by atoms with Crippen LogP contribution < -0.4 is 0 Å². The molecular formula is C12H14O3S. The molecule has 0 amide bonds. The van der Waals surface area contributed by atoms with Gasteiger partial charge in [0.15, 0.2) is 0 Å². The first-order valence-corrected chi connectivity index (χ1v) is 6.84. The Morgan fingerprint density at radius 3 is 2.25 bits per heavy atom. The monoisotopic (exact) mass is 238 g/mol. The molecule has 3 nitrogen and oxygen atoms in total. The van der Waals surface area contributed by atoms with Crippen LogP contribution >= 0.6 is 0 Å². The van der Waals surface area contributed by atoms with Crippen molar-refractivity contribution in [3.05, 3.63) is 35.4 Å². The van der Waals surface area contributed by atoms with Crippen LogP contribution in [0.4, 0.5) is 0 Å². The van der Waals surface area contributed by atoms with Gasteiger partial charge < -0.3 is 5.11 Å². The van der Waals surface area contributed by atoms with Gasteiger partial charge in [-0.3, -0.25) is 4.21 Å². The third-order valence-corrected chi connectivity index (χ3v) is 4.40. The highest BCUT2D eigenvalue weighted by Crippen LogP contribution is 2.27. The predicted octanol–water partition coefficient (Wildman–Crippen LogP) is 2.01. The third-order valence-electron chi connectivity index (χ3n) is 3.02. The van der Waals surface area contributed by atoms with E-state index in [-0.39, 0.29) is 0 Å². The lowest BCUT2D eigenvalue weighted by atomic mass is 9.93. The minimum absolute atomic E-state index is 0.322. The fourth-order valence-corrected chi connectivity index (χ4v) is 3.32. The number of rotatable bonds is 2. The predicted molar refractivity (Wildman–Crippen MR) is 63.3 cm³/mol. The number of aromatic carboxylic acids is 1. The van der Waals surface area contributed by atoms with Crippen LogP contribution in [-0.2, 0) is 10.8 Å². The molecular weight excluding hydrogens is 224 g/mol. The highest BCUT2D eigenvalue weighted by atomic mass is 32.2. The van der Waals surface area contributed by atoms with Gasteiger partial charge in [0.25, 0.3) is 0 Å².